The maximum absolute atomic E-state index is 11.3. The van der Waals surface area contributed by atoms with Gasteiger partial charge in [0.1, 0.15) is 6.10 Å². The molecule has 0 saturated carbocycles. The smallest absolute Gasteiger partial charge is 0.219 e. The molecule has 2 rings (SSSR count). The molecule has 4 heteroatoms. The van der Waals surface area contributed by atoms with E-state index in [4.69, 9.17) is 4.74 Å². The molecule has 0 N–H and O–H groups in total. The molecule has 0 spiro atoms. The minimum atomic E-state index is 0.0963. The van der Waals surface area contributed by atoms with Crippen LogP contribution in [0, 0.1) is 0 Å². The number of hydrogen-bond donors (Lipinski definition) is 0. The van der Waals surface area contributed by atoms with Gasteiger partial charge in [0, 0.05) is 45.1 Å². The van der Waals surface area contributed by atoms with Gasteiger partial charge in [-0.05, 0) is 17.0 Å². The van der Waals surface area contributed by atoms with E-state index in [0.29, 0.717) is 5.88 Å². The highest BCUT2D eigenvalue weighted by atomic mass is 16.5. The molecule has 0 unspecified atom stereocenters. The van der Waals surface area contributed by atoms with Crippen LogP contribution in [0.3, 0.4) is 0 Å². The molecule has 0 aliphatic carbocycles. The fourth-order valence-electron chi connectivity index (χ4n) is 2.40. The van der Waals surface area contributed by atoms with Gasteiger partial charge in [-0.2, -0.15) is 0 Å². The van der Waals surface area contributed by atoms with E-state index < -0.39 is 0 Å². The molecule has 1 saturated heterocycles. The number of amides is 1. The van der Waals surface area contributed by atoms with Crippen molar-refractivity contribution in [3.8, 4) is 5.88 Å². The van der Waals surface area contributed by atoms with Gasteiger partial charge in [0.2, 0.25) is 11.8 Å². The largest absolute Gasteiger partial charge is 0.474 e. The van der Waals surface area contributed by atoms with Gasteiger partial charge in [0.05, 0.1) is 0 Å². The summed E-state index contributed by atoms with van der Waals surface area (Å²) in [5, 5.41) is 0. The van der Waals surface area contributed by atoms with Crippen molar-refractivity contribution in [2.45, 2.75) is 52.1 Å². The van der Waals surface area contributed by atoms with Crippen LogP contribution >= 0.6 is 0 Å². The van der Waals surface area contributed by atoms with Crippen molar-refractivity contribution in [1.82, 2.24) is 9.88 Å². The van der Waals surface area contributed by atoms with Crippen molar-refractivity contribution in [2.75, 3.05) is 13.1 Å². The maximum atomic E-state index is 11.3. The third-order valence-corrected chi connectivity index (χ3v) is 3.78. The molecule has 2 heterocycles. The van der Waals surface area contributed by atoms with Crippen molar-refractivity contribution in [1.29, 1.82) is 0 Å². The Balaban J connectivity index is 1.96. The molecule has 0 radical (unpaired) electrons. The van der Waals surface area contributed by atoms with E-state index in [1.54, 1.807) is 13.1 Å². The van der Waals surface area contributed by atoms with Crippen molar-refractivity contribution in [3.05, 3.63) is 23.9 Å². The number of rotatable bonds is 2. The minimum Gasteiger partial charge on any atom is -0.474 e. The number of carbonyl (C=O) groups is 1. The minimum absolute atomic E-state index is 0.0963. The second kappa shape index (κ2) is 5.81. The summed E-state index contributed by atoms with van der Waals surface area (Å²) in [5.74, 6) is 0.843. The highest BCUT2D eigenvalue weighted by Crippen LogP contribution is 2.25. The molecule has 1 aromatic rings. The van der Waals surface area contributed by atoms with Crippen LogP contribution in [0.5, 0.6) is 5.88 Å². The molecule has 1 fully saturated rings. The number of hydrogen-bond acceptors (Lipinski definition) is 3. The summed E-state index contributed by atoms with van der Waals surface area (Å²) in [6, 6.07) is 4.06. The van der Waals surface area contributed by atoms with E-state index in [2.05, 4.69) is 25.8 Å². The van der Waals surface area contributed by atoms with E-state index in [0.717, 1.165) is 25.9 Å². The molecular weight excluding hydrogens is 252 g/mol. The molecule has 1 aliphatic rings. The summed E-state index contributed by atoms with van der Waals surface area (Å²) >= 11 is 0. The quantitative estimate of drug-likeness (QED) is 0.834. The average molecular weight is 276 g/mol. The Morgan fingerprint density at radius 1 is 1.35 bits per heavy atom. The molecule has 110 valence electrons. The summed E-state index contributed by atoms with van der Waals surface area (Å²) in [4.78, 5) is 17.5. The maximum Gasteiger partial charge on any atom is 0.219 e. The first-order valence-electron chi connectivity index (χ1n) is 7.25. The Kier molecular flexibility index (Phi) is 4.31. The van der Waals surface area contributed by atoms with Crippen molar-refractivity contribution in [3.63, 3.8) is 0 Å². The summed E-state index contributed by atoms with van der Waals surface area (Å²) in [6.45, 7) is 9.71. The van der Waals surface area contributed by atoms with Crippen LogP contribution in [0.1, 0.15) is 46.1 Å². The van der Waals surface area contributed by atoms with Gasteiger partial charge in [-0.3, -0.25) is 4.79 Å². The molecule has 0 atom stereocenters. The Hall–Kier alpha value is -1.58. The molecule has 4 nitrogen and oxygen atoms in total. The number of pyridine rings is 1. The molecular formula is C16H24N2O2. The Morgan fingerprint density at radius 3 is 2.55 bits per heavy atom. The zero-order valence-electron chi connectivity index (χ0n) is 12.8. The highest BCUT2D eigenvalue weighted by Gasteiger charge is 2.22. The Labute approximate surface area is 121 Å². The lowest BCUT2D eigenvalue weighted by atomic mass is 9.88. The monoisotopic (exact) mass is 276 g/mol. The van der Waals surface area contributed by atoms with Gasteiger partial charge in [-0.25, -0.2) is 4.98 Å². The van der Waals surface area contributed by atoms with Crippen molar-refractivity contribution in [2.24, 2.45) is 0 Å². The van der Waals surface area contributed by atoms with Crippen LogP contribution in [0.15, 0.2) is 18.3 Å². The van der Waals surface area contributed by atoms with E-state index in [-0.39, 0.29) is 17.4 Å². The predicted molar refractivity (Wildman–Crippen MR) is 78.8 cm³/mol. The zero-order chi connectivity index (χ0) is 14.8. The summed E-state index contributed by atoms with van der Waals surface area (Å²) in [5.41, 5.74) is 1.32. The van der Waals surface area contributed by atoms with Crippen LogP contribution in [-0.4, -0.2) is 35.0 Å². The first-order valence-corrected chi connectivity index (χ1v) is 7.25. The van der Waals surface area contributed by atoms with Gasteiger partial charge in [-0.15, -0.1) is 0 Å². The Morgan fingerprint density at radius 2 is 2.00 bits per heavy atom. The van der Waals surface area contributed by atoms with Crippen LogP contribution < -0.4 is 4.74 Å². The van der Waals surface area contributed by atoms with Crippen molar-refractivity contribution < 1.29 is 9.53 Å². The number of likely N-dealkylation sites (tertiary alicyclic amines) is 1. The third kappa shape index (κ3) is 3.71. The summed E-state index contributed by atoms with van der Waals surface area (Å²) in [7, 11) is 0. The second-order valence-corrected chi connectivity index (χ2v) is 6.46. The molecule has 1 aliphatic heterocycles. The fourth-order valence-corrected chi connectivity index (χ4v) is 2.40. The normalized spacial score (nSPS) is 17.1. The first-order chi connectivity index (χ1) is 9.36. The molecule has 20 heavy (non-hydrogen) atoms. The summed E-state index contributed by atoms with van der Waals surface area (Å²) in [6.07, 6.45) is 3.72. The Bertz CT molecular complexity index is 472. The third-order valence-electron chi connectivity index (χ3n) is 3.78. The van der Waals surface area contributed by atoms with Crippen LogP contribution in [0.25, 0.3) is 0 Å². The van der Waals surface area contributed by atoms with Gasteiger partial charge >= 0.3 is 0 Å². The SMILES string of the molecule is CC(=O)N1CCC(Oc2cc(C(C)(C)C)ccn2)CC1. The number of aromatic nitrogens is 1. The topological polar surface area (TPSA) is 42.4 Å². The standard InChI is InChI=1S/C16H24N2O2/c1-12(19)18-9-6-14(7-10-18)20-15-11-13(5-8-17-15)16(2,3)4/h5,8,11,14H,6-7,9-10H2,1-4H3. The zero-order valence-corrected chi connectivity index (χ0v) is 12.8. The fraction of sp³-hybridized carbons (Fsp3) is 0.625. The lowest BCUT2D eigenvalue weighted by Gasteiger charge is -2.31. The lowest BCUT2D eigenvalue weighted by Crippen LogP contribution is -2.40. The van der Waals surface area contributed by atoms with Crippen LogP contribution in [-0.2, 0) is 10.2 Å². The molecule has 0 bridgehead atoms. The van der Waals surface area contributed by atoms with E-state index in [1.165, 1.54) is 5.56 Å². The van der Waals surface area contributed by atoms with Gasteiger partial charge in [0.25, 0.3) is 0 Å². The molecule has 0 aromatic carbocycles. The lowest BCUT2D eigenvalue weighted by molar-refractivity contribution is -0.130. The number of carbonyl (C=O) groups excluding carboxylic acids is 1. The molecule has 1 aromatic heterocycles. The molecule has 1 amide bonds. The highest BCUT2D eigenvalue weighted by molar-refractivity contribution is 5.73. The average Bonchev–Trinajstić information content (AvgIpc) is 2.38. The number of piperidine rings is 1. The van der Waals surface area contributed by atoms with E-state index >= 15 is 0 Å². The van der Waals surface area contributed by atoms with E-state index in [9.17, 15) is 4.79 Å². The second-order valence-electron chi connectivity index (χ2n) is 6.46. The van der Waals surface area contributed by atoms with Crippen LogP contribution in [0.2, 0.25) is 0 Å². The van der Waals surface area contributed by atoms with E-state index in [1.807, 2.05) is 17.0 Å². The number of ether oxygens (including phenoxy) is 1. The van der Waals surface area contributed by atoms with Crippen LogP contribution in [0.4, 0.5) is 0 Å². The van der Waals surface area contributed by atoms with Crippen molar-refractivity contribution >= 4 is 5.91 Å². The van der Waals surface area contributed by atoms with Gasteiger partial charge in [0.15, 0.2) is 0 Å². The van der Waals surface area contributed by atoms with Gasteiger partial charge in [-0.1, -0.05) is 20.8 Å². The predicted octanol–water partition coefficient (Wildman–Crippen LogP) is 2.77. The van der Waals surface area contributed by atoms with Gasteiger partial charge < -0.3 is 9.64 Å². The number of nitrogens with zero attached hydrogens (tertiary/aromatic N) is 2. The first kappa shape index (κ1) is 14.8. The summed E-state index contributed by atoms with van der Waals surface area (Å²) < 4.78 is 5.97.